The predicted octanol–water partition coefficient (Wildman–Crippen LogP) is -8.30. The van der Waals surface area contributed by atoms with Crippen LogP contribution in [0.4, 0.5) is 0 Å². The minimum Gasteiger partial charge on any atom is -0.491 e. The third kappa shape index (κ3) is 7.89. The first-order valence-electron chi connectivity index (χ1n) is 16.3. The maximum absolute atomic E-state index is 10.5. The van der Waals surface area contributed by atoms with Crippen LogP contribution in [-0.2, 0) is 28.4 Å². The minimum atomic E-state index is -2.35. The van der Waals surface area contributed by atoms with Crippen LogP contribution in [0.5, 0.6) is 11.5 Å². The fourth-order valence-electron chi connectivity index (χ4n) is 6.23. The van der Waals surface area contributed by atoms with Gasteiger partial charge in [-0.3, -0.25) is 0 Å². The Morgan fingerprint density at radius 2 is 0.808 bits per heavy atom. The SMILES string of the molecule is OC[C@H]1O[C@@](CO)(O[C@H]2O[C@H](COc3ccc(OC[C@H]4O[C@H](O[C@]5(CO)O[C@H](CO)[C@@H](O)[C@@H]5O)[C@H](O)[C@@H](O)[C@@H]4O)cc3)[C@@H](O)[C@H](O)[C@H]2O)[C@@H](O)[C@@H]1O. The van der Waals surface area contributed by atoms with Gasteiger partial charge in [-0.1, -0.05) is 0 Å². The van der Waals surface area contributed by atoms with Gasteiger partial charge >= 0.3 is 0 Å². The Balaban J connectivity index is 1.16. The molecule has 14 N–H and O–H groups in total. The van der Waals surface area contributed by atoms with Crippen molar-refractivity contribution in [1.29, 1.82) is 0 Å². The van der Waals surface area contributed by atoms with E-state index in [2.05, 4.69) is 0 Å². The molecular formula is C30H46O22. The maximum atomic E-state index is 10.5. The lowest BCUT2D eigenvalue weighted by Crippen LogP contribution is -2.63. The van der Waals surface area contributed by atoms with E-state index < -0.39 is 149 Å². The molecule has 1 aromatic rings. The van der Waals surface area contributed by atoms with E-state index in [-0.39, 0.29) is 11.5 Å². The van der Waals surface area contributed by atoms with Gasteiger partial charge in [0, 0.05) is 0 Å². The standard InChI is InChI=1S/C30H46O22/c31-5-13-19(37)25(43)29(9-33,49-13)51-27-23(41)21(39)17(35)15(47-27)7-45-11-1-2-12(4-3-11)46-8-16-18(36)22(40)24(42)28(48-16)52-30(10-34)26(44)20(38)14(6-32)50-30/h1-4,13-28,31-44H,5-10H2/t13-,14-,15-,16-,17-,18-,19-,20-,21+,22+,23-,24-,25+,26+,27-,28-,29+,30+/m1/s1. The quantitative estimate of drug-likeness (QED) is 0.0837. The van der Waals surface area contributed by atoms with Crippen molar-refractivity contribution in [3.05, 3.63) is 24.3 Å². The number of benzene rings is 1. The molecule has 0 amide bonds. The van der Waals surface area contributed by atoms with Crippen molar-refractivity contribution in [3.8, 4) is 11.5 Å². The predicted molar refractivity (Wildman–Crippen MR) is 161 cm³/mol. The van der Waals surface area contributed by atoms with E-state index in [0.717, 1.165) is 0 Å². The van der Waals surface area contributed by atoms with E-state index in [0.29, 0.717) is 0 Å². The molecule has 0 radical (unpaired) electrons. The second-order valence-electron chi connectivity index (χ2n) is 12.8. The average Bonchev–Trinajstić information content (AvgIpc) is 3.54. The normalized spacial score (nSPS) is 46.7. The third-order valence-corrected chi connectivity index (χ3v) is 9.43. The lowest BCUT2D eigenvalue weighted by molar-refractivity contribution is -0.383. The summed E-state index contributed by atoms with van der Waals surface area (Å²) in [5, 5.41) is 142. The van der Waals surface area contributed by atoms with Crippen LogP contribution in [0.15, 0.2) is 24.3 Å². The van der Waals surface area contributed by atoms with E-state index in [1.165, 1.54) is 24.3 Å². The maximum Gasteiger partial charge on any atom is 0.224 e. The van der Waals surface area contributed by atoms with Gasteiger partial charge in [0.2, 0.25) is 11.6 Å². The van der Waals surface area contributed by atoms with E-state index >= 15 is 0 Å². The van der Waals surface area contributed by atoms with Gasteiger partial charge < -0.3 is 109 Å². The Hall–Kier alpha value is -1.98. The van der Waals surface area contributed by atoms with Gasteiger partial charge in [0.1, 0.15) is 123 Å². The molecule has 4 saturated heterocycles. The zero-order chi connectivity index (χ0) is 38.1. The zero-order valence-corrected chi connectivity index (χ0v) is 27.3. The molecule has 0 saturated carbocycles. The van der Waals surface area contributed by atoms with E-state index in [1.807, 2.05) is 0 Å². The highest BCUT2D eigenvalue weighted by Gasteiger charge is 2.60. The fourth-order valence-corrected chi connectivity index (χ4v) is 6.23. The summed E-state index contributed by atoms with van der Waals surface area (Å²) in [6.45, 7) is -4.46. The van der Waals surface area contributed by atoms with Gasteiger partial charge in [0.05, 0.1) is 13.2 Å². The summed E-state index contributed by atoms with van der Waals surface area (Å²) in [5.41, 5.74) is 0. The molecule has 0 aliphatic carbocycles. The largest absolute Gasteiger partial charge is 0.491 e. The molecule has 4 aliphatic rings. The number of ether oxygens (including phenoxy) is 8. The average molecular weight is 759 g/mol. The first-order valence-corrected chi connectivity index (χ1v) is 16.3. The van der Waals surface area contributed by atoms with E-state index in [1.54, 1.807) is 0 Å². The van der Waals surface area contributed by atoms with Gasteiger partial charge in [0.15, 0.2) is 12.6 Å². The molecule has 52 heavy (non-hydrogen) atoms. The highest BCUT2D eigenvalue weighted by atomic mass is 16.8. The molecule has 0 bridgehead atoms. The van der Waals surface area contributed by atoms with Crippen LogP contribution in [0.3, 0.4) is 0 Å². The fraction of sp³-hybridized carbons (Fsp3) is 0.800. The molecule has 22 nitrogen and oxygen atoms in total. The first-order chi connectivity index (χ1) is 24.6. The van der Waals surface area contributed by atoms with Crippen molar-refractivity contribution >= 4 is 0 Å². The third-order valence-electron chi connectivity index (χ3n) is 9.43. The number of aliphatic hydroxyl groups excluding tert-OH is 14. The smallest absolute Gasteiger partial charge is 0.224 e. The van der Waals surface area contributed by atoms with E-state index in [9.17, 15) is 71.5 Å². The first kappa shape index (κ1) is 41.2. The molecule has 4 fully saturated rings. The van der Waals surface area contributed by atoms with Crippen molar-refractivity contribution < 1.29 is 109 Å². The van der Waals surface area contributed by atoms with Crippen molar-refractivity contribution in [2.75, 3.05) is 39.6 Å². The topological polar surface area (TPSA) is 357 Å². The summed E-state index contributed by atoms with van der Waals surface area (Å²) >= 11 is 0. The van der Waals surface area contributed by atoms with Gasteiger partial charge in [-0.15, -0.1) is 0 Å². The number of hydrogen-bond donors (Lipinski definition) is 14. The second kappa shape index (κ2) is 16.8. The van der Waals surface area contributed by atoms with Crippen LogP contribution in [0.25, 0.3) is 0 Å². The highest BCUT2D eigenvalue weighted by Crippen LogP contribution is 2.38. The Morgan fingerprint density at radius 3 is 1.10 bits per heavy atom. The molecule has 298 valence electrons. The Morgan fingerprint density at radius 1 is 0.462 bits per heavy atom. The van der Waals surface area contributed by atoms with Crippen LogP contribution in [0.2, 0.25) is 0 Å². The summed E-state index contributed by atoms with van der Waals surface area (Å²) in [6.07, 6.45) is -27.1. The molecule has 5 rings (SSSR count). The van der Waals surface area contributed by atoms with Crippen molar-refractivity contribution in [1.82, 2.24) is 0 Å². The molecule has 18 atom stereocenters. The lowest BCUT2D eigenvalue weighted by Gasteiger charge is -2.43. The van der Waals surface area contributed by atoms with Crippen molar-refractivity contribution in [3.63, 3.8) is 0 Å². The summed E-state index contributed by atoms with van der Waals surface area (Å²) in [7, 11) is 0. The van der Waals surface area contributed by atoms with Crippen LogP contribution < -0.4 is 9.47 Å². The van der Waals surface area contributed by atoms with Crippen LogP contribution in [0.1, 0.15) is 0 Å². The molecule has 1 aromatic carbocycles. The van der Waals surface area contributed by atoms with Crippen LogP contribution in [-0.4, -0.2) is 221 Å². The Labute approximate surface area is 294 Å². The summed E-state index contributed by atoms with van der Waals surface area (Å²) < 4.78 is 44.0. The highest BCUT2D eigenvalue weighted by molar-refractivity contribution is 5.31. The van der Waals surface area contributed by atoms with Gasteiger partial charge in [-0.05, 0) is 24.3 Å². The summed E-state index contributed by atoms with van der Waals surface area (Å²) in [5.74, 6) is -4.34. The van der Waals surface area contributed by atoms with Gasteiger partial charge in [0.25, 0.3) is 0 Å². The van der Waals surface area contributed by atoms with Crippen LogP contribution >= 0.6 is 0 Å². The van der Waals surface area contributed by atoms with Crippen LogP contribution in [0, 0.1) is 0 Å². The second-order valence-corrected chi connectivity index (χ2v) is 12.8. The Bertz CT molecular complexity index is 1180. The number of aliphatic hydroxyl groups is 14. The molecule has 22 heteroatoms. The van der Waals surface area contributed by atoms with Gasteiger partial charge in [-0.2, -0.15) is 0 Å². The zero-order valence-electron chi connectivity index (χ0n) is 27.3. The lowest BCUT2D eigenvalue weighted by atomic mass is 9.99. The number of rotatable bonds is 14. The molecule has 4 heterocycles. The molecule has 0 spiro atoms. The van der Waals surface area contributed by atoms with Crippen molar-refractivity contribution in [2.45, 2.75) is 110 Å². The molecule has 0 aromatic heterocycles. The monoisotopic (exact) mass is 758 g/mol. The number of hydrogen-bond acceptors (Lipinski definition) is 22. The molecule has 0 unspecified atom stereocenters. The summed E-state index contributed by atoms with van der Waals surface area (Å²) in [4.78, 5) is 0. The molecule has 4 aliphatic heterocycles. The van der Waals surface area contributed by atoms with Gasteiger partial charge in [-0.25, -0.2) is 0 Å². The minimum absolute atomic E-state index is 0.185. The Kier molecular flexibility index (Phi) is 13.3. The van der Waals surface area contributed by atoms with Crippen molar-refractivity contribution in [2.24, 2.45) is 0 Å². The molecular weight excluding hydrogens is 712 g/mol. The van der Waals surface area contributed by atoms with E-state index in [4.69, 9.17) is 37.9 Å². The summed E-state index contributed by atoms with van der Waals surface area (Å²) in [6, 6.07) is 5.66.